The monoisotopic (exact) mass is 263 g/mol. The fourth-order valence-electron chi connectivity index (χ4n) is 2.69. The number of phenols is 1. The maximum Gasteiger partial charge on any atom is 0.296 e. The SMILES string of the molecule is O=[N+]([O-])c1cc(O)ccc1NC1CCN(C2CC2)C1. The second-order valence-corrected chi connectivity index (χ2v) is 5.31. The minimum absolute atomic E-state index is 0.0649. The first kappa shape index (κ1) is 12.2. The number of nitrogens with zero attached hydrogens (tertiary/aromatic N) is 2. The third kappa shape index (κ3) is 2.63. The molecule has 2 fully saturated rings. The van der Waals surface area contributed by atoms with Gasteiger partial charge in [0.25, 0.3) is 5.69 Å². The normalized spacial score (nSPS) is 23.5. The Morgan fingerprint density at radius 2 is 2.16 bits per heavy atom. The Labute approximate surface area is 111 Å². The van der Waals surface area contributed by atoms with Crippen LogP contribution in [-0.2, 0) is 0 Å². The van der Waals surface area contributed by atoms with Crippen LogP contribution in [0.3, 0.4) is 0 Å². The number of nitro benzene ring substituents is 1. The lowest BCUT2D eigenvalue weighted by atomic mass is 10.2. The van der Waals surface area contributed by atoms with Gasteiger partial charge in [0.15, 0.2) is 0 Å². The smallest absolute Gasteiger partial charge is 0.296 e. The molecule has 1 heterocycles. The molecule has 0 radical (unpaired) electrons. The maximum absolute atomic E-state index is 11.0. The topological polar surface area (TPSA) is 78.6 Å². The third-order valence-corrected chi connectivity index (χ3v) is 3.82. The zero-order valence-corrected chi connectivity index (χ0v) is 10.6. The summed E-state index contributed by atoms with van der Waals surface area (Å²) in [4.78, 5) is 13.0. The van der Waals surface area contributed by atoms with Crippen molar-refractivity contribution in [2.24, 2.45) is 0 Å². The van der Waals surface area contributed by atoms with Gasteiger partial charge in [-0.1, -0.05) is 0 Å². The zero-order valence-electron chi connectivity index (χ0n) is 10.6. The molecule has 2 N–H and O–H groups in total. The van der Waals surface area contributed by atoms with Crippen molar-refractivity contribution in [1.82, 2.24) is 4.90 Å². The molecule has 6 nitrogen and oxygen atoms in total. The van der Waals surface area contributed by atoms with Gasteiger partial charge >= 0.3 is 0 Å². The highest BCUT2D eigenvalue weighted by Crippen LogP contribution is 2.33. The van der Waals surface area contributed by atoms with Gasteiger partial charge in [0, 0.05) is 25.2 Å². The van der Waals surface area contributed by atoms with Crippen LogP contribution in [0, 0.1) is 10.1 Å². The first-order valence-corrected chi connectivity index (χ1v) is 6.61. The second-order valence-electron chi connectivity index (χ2n) is 5.31. The van der Waals surface area contributed by atoms with E-state index in [0.717, 1.165) is 25.6 Å². The number of nitrogens with one attached hydrogen (secondary N) is 1. The van der Waals surface area contributed by atoms with Crippen molar-refractivity contribution in [3.63, 3.8) is 0 Å². The van der Waals surface area contributed by atoms with Crippen molar-refractivity contribution in [2.75, 3.05) is 18.4 Å². The molecule has 1 atom stereocenters. The average Bonchev–Trinajstić information content (AvgIpc) is 3.12. The van der Waals surface area contributed by atoms with Gasteiger partial charge in [-0.25, -0.2) is 0 Å². The molecule has 2 aliphatic rings. The number of hydrogen-bond donors (Lipinski definition) is 2. The van der Waals surface area contributed by atoms with Crippen LogP contribution in [0.4, 0.5) is 11.4 Å². The summed E-state index contributed by atoms with van der Waals surface area (Å²) in [7, 11) is 0. The maximum atomic E-state index is 11.0. The fourth-order valence-corrected chi connectivity index (χ4v) is 2.69. The minimum Gasteiger partial charge on any atom is -0.508 e. The van der Waals surface area contributed by atoms with Crippen molar-refractivity contribution >= 4 is 11.4 Å². The summed E-state index contributed by atoms with van der Waals surface area (Å²) in [6.45, 7) is 2.01. The van der Waals surface area contributed by atoms with Gasteiger partial charge in [-0.15, -0.1) is 0 Å². The molecule has 0 aromatic heterocycles. The molecular formula is C13H17N3O3. The zero-order chi connectivity index (χ0) is 13.4. The van der Waals surface area contributed by atoms with Crippen LogP contribution in [0.15, 0.2) is 18.2 Å². The molecule has 1 unspecified atom stereocenters. The quantitative estimate of drug-likeness (QED) is 0.493. The lowest BCUT2D eigenvalue weighted by Crippen LogP contribution is -2.27. The van der Waals surface area contributed by atoms with Gasteiger partial charge in [0.2, 0.25) is 0 Å². The van der Waals surface area contributed by atoms with E-state index in [1.54, 1.807) is 6.07 Å². The summed E-state index contributed by atoms with van der Waals surface area (Å²) in [5.74, 6) is -0.0803. The third-order valence-electron chi connectivity index (χ3n) is 3.82. The van der Waals surface area contributed by atoms with Gasteiger partial charge < -0.3 is 10.4 Å². The Bertz CT molecular complexity index is 502. The van der Waals surface area contributed by atoms with Crippen LogP contribution in [0.5, 0.6) is 5.75 Å². The van der Waals surface area contributed by atoms with E-state index in [1.165, 1.54) is 25.0 Å². The number of aromatic hydroxyl groups is 1. The Morgan fingerprint density at radius 3 is 2.84 bits per heavy atom. The first-order valence-electron chi connectivity index (χ1n) is 6.61. The molecule has 0 bridgehead atoms. The number of benzene rings is 1. The van der Waals surface area contributed by atoms with Gasteiger partial charge in [-0.3, -0.25) is 15.0 Å². The molecule has 1 saturated heterocycles. The number of phenolic OH excluding ortho intramolecular Hbond substituents is 1. The largest absolute Gasteiger partial charge is 0.508 e. The van der Waals surface area contributed by atoms with E-state index in [-0.39, 0.29) is 17.5 Å². The Hall–Kier alpha value is -1.82. The van der Waals surface area contributed by atoms with E-state index >= 15 is 0 Å². The molecule has 6 heteroatoms. The van der Waals surface area contributed by atoms with Crippen LogP contribution in [0.25, 0.3) is 0 Å². The van der Waals surface area contributed by atoms with Crippen molar-refractivity contribution in [3.05, 3.63) is 28.3 Å². The first-order chi connectivity index (χ1) is 9.13. The van der Waals surface area contributed by atoms with Crippen molar-refractivity contribution < 1.29 is 10.0 Å². The predicted octanol–water partition coefficient (Wildman–Crippen LogP) is 1.95. The molecule has 1 aliphatic heterocycles. The highest BCUT2D eigenvalue weighted by atomic mass is 16.6. The molecule has 3 rings (SSSR count). The van der Waals surface area contributed by atoms with Crippen LogP contribution < -0.4 is 5.32 Å². The van der Waals surface area contributed by atoms with Crippen molar-refractivity contribution in [2.45, 2.75) is 31.3 Å². The summed E-state index contributed by atoms with van der Waals surface area (Å²) in [6, 6.07) is 5.23. The predicted molar refractivity (Wildman–Crippen MR) is 71.4 cm³/mol. The Morgan fingerprint density at radius 1 is 1.37 bits per heavy atom. The number of anilines is 1. The van der Waals surface area contributed by atoms with Crippen molar-refractivity contribution in [3.8, 4) is 5.75 Å². The van der Waals surface area contributed by atoms with E-state index in [1.807, 2.05) is 0 Å². The number of likely N-dealkylation sites (tertiary alicyclic amines) is 1. The summed E-state index contributed by atoms with van der Waals surface area (Å²) >= 11 is 0. The summed E-state index contributed by atoms with van der Waals surface area (Å²) in [5.41, 5.74) is 0.426. The lowest BCUT2D eigenvalue weighted by Gasteiger charge is -2.16. The van der Waals surface area contributed by atoms with Crippen LogP contribution >= 0.6 is 0 Å². The lowest BCUT2D eigenvalue weighted by molar-refractivity contribution is -0.384. The van der Waals surface area contributed by atoms with Crippen molar-refractivity contribution in [1.29, 1.82) is 0 Å². The minimum atomic E-state index is -0.463. The average molecular weight is 263 g/mol. The summed E-state index contributed by atoms with van der Waals surface area (Å²) < 4.78 is 0. The molecular weight excluding hydrogens is 246 g/mol. The molecule has 1 aliphatic carbocycles. The second kappa shape index (κ2) is 4.70. The molecule has 0 amide bonds. The van der Waals surface area contributed by atoms with E-state index in [2.05, 4.69) is 10.2 Å². The fraction of sp³-hybridized carbons (Fsp3) is 0.538. The van der Waals surface area contributed by atoms with E-state index < -0.39 is 4.92 Å². The molecule has 1 aromatic carbocycles. The Kier molecular flexibility index (Phi) is 3.02. The van der Waals surface area contributed by atoms with Crippen LogP contribution in [0.2, 0.25) is 0 Å². The van der Waals surface area contributed by atoms with Gasteiger partial charge in [-0.05, 0) is 31.4 Å². The van der Waals surface area contributed by atoms with E-state index in [9.17, 15) is 15.2 Å². The number of rotatable bonds is 4. The molecule has 1 saturated carbocycles. The standard InChI is InChI=1S/C13H17N3O3/c17-11-3-4-12(13(7-11)16(18)19)14-9-5-6-15(8-9)10-1-2-10/h3-4,7,9-10,14,17H,1-2,5-6,8H2. The summed E-state index contributed by atoms with van der Waals surface area (Å²) in [6.07, 6.45) is 3.58. The van der Waals surface area contributed by atoms with Crippen LogP contribution in [-0.4, -0.2) is 40.1 Å². The van der Waals surface area contributed by atoms with Gasteiger partial charge in [0.05, 0.1) is 11.0 Å². The van der Waals surface area contributed by atoms with Crippen LogP contribution in [0.1, 0.15) is 19.3 Å². The Balaban J connectivity index is 1.71. The molecule has 19 heavy (non-hydrogen) atoms. The molecule has 0 spiro atoms. The van der Waals surface area contributed by atoms with Gasteiger partial charge in [0.1, 0.15) is 11.4 Å². The number of hydrogen-bond acceptors (Lipinski definition) is 5. The van der Waals surface area contributed by atoms with Gasteiger partial charge in [-0.2, -0.15) is 0 Å². The molecule has 102 valence electrons. The van der Waals surface area contributed by atoms with E-state index in [4.69, 9.17) is 0 Å². The van der Waals surface area contributed by atoms with E-state index in [0.29, 0.717) is 5.69 Å². The highest BCUT2D eigenvalue weighted by molar-refractivity contribution is 5.64. The molecule has 1 aromatic rings. The number of nitro groups is 1. The summed E-state index contributed by atoms with van der Waals surface area (Å²) in [5, 5.41) is 23.5. The highest BCUT2D eigenvalue weighted by Gasteiger charge is 2.34.